The van der Waals surface area contributed by atoms with Gasteiger partial charge in [0.15, 0.2) is 0 Å². The third kappa shape index (κ3) is 41.7. The normalized spacial score (nSPS) is 14.2. The molecule has 0 amide bonds. The topological polar surface area (TPSA) is 94.1 Å². The molecule has 9 heteroatoms. The molecule has 0 fully saturated rings. The summed E-state index contributed by atoms with van der Waals surface area (Å²) in [5.74, 6) is -0.349. The number of quaternary nitrogens is 1. The van der Waals surface area contributed by atoms with Crippen LogP contribution >= 0.6 is 7.82 Å². The minimum Gasteiger partial charge on any atom is -0.756 e. The van der Waals surface area contributed by atoms with Gasteiger partial charge >= 0.3 is 5.97 Å². The standard InChI is InChI=1S/C44H84NO7P/c1-6-8-10-12-14-16-18-20-22-24-26-28-30-32-34-36-39-49-41-43(42-51-53(47,48)50-40-38-45(3,4)5)52-44(46)37-35-33-31-29-27-25-23-21-19-17-15-13-11-9-7-2/h15-18,21,23,43H,6-14,19-20,22,24-42H2,1-5H3/b17-15-,18-16-,23-21-/t43-/m1/s1. The van der Waals surface area contributed by atoms with Gasteiger partial charge in [0.05, 0.1) is 34.4 Å². The molecule has 0 saturated heterocycles. The van der Waals surface area contributed by atoms with Crippen LogP contribution in [0, 0.1) is 0 Å². The zero-order valence-corrected chi connectivity index (χ0v) is 36.1. The summed E-state index contributed by atoms with van der Waals surface area (Å²) in [6.45, 7) is 5.35. The lowest BCUT2D eigenvalue weighted by Gasteiger charge is -2.28. The molecule has 2 atom stereocenters. The predicted molar refractivity (Wildman–Crippen MR) is 222 cm³/mol. The molecule has 1 unspecified atom stereocenters. The maximum atomic E-state index is 12.7. The first kappa shape index (κ1) is 51.7. The number of carbonyl (C=O) groups excluding carboxylic acids is 1. The summed E-state index contributed by atoms with van der Waals surface area (Å²) in [5, 5.41) is 0. The fourth-order valence-corrected chi connectivity index (χ4v) is 6.47. The monoisotopic (exact) mass is 770 g/mol. The van der Waals surface area contributed by atoms with Crippen LogP contribution in [0.2, 0.25) is 0 Å². The summed E-state index contributed by atoms with van der Waals surface area (Å²) in [6, 6.07) is 0. The van der Waals surface area contributed by atoms with Crippen molar-refractivity contribution in [1.82, 2.24) is 0 Å². The van der Waals surface area contributed by atoms with Crippen molar-refractivity contribution < 1.29 is 37.3 Å². The van der Waals surface area contributed by atoms with E-state index in [1.165, 1.54) is 103 Å². The predicted octanol–water partition coefficient (Wildman–Crippen LogP) is 12.0. The number of ether oxygens (including phenoxy) is 2. The summed E-state index contributed by atoms with van der Waals surface area (Å²) in [7, 11) is 1.34. The van der Waals surface area contributed by atoms with Crippen LogP contribution in [0.4, 0.5) is 0 Å². The van der Waals surface area contributed by atoms with Crippen LogP contribution in [0.5, 0.6) is 0 Å². The number of allylic oxidation sites excluding steroid dienone is 6. The molecular weight excluding hydrogens is 685 g/mol. The Balaban J connectivity index is 4.27. The first-order valence-electron chi connectivity index (χ1n) is 21.7. The largest absolute Gasteiger partial charge is 0.756 e. The summed E-state index contributed by atoms with van der Waals surface area (Å²) in [6.07, 6.45) is 42.9. The average Bonchev–Trinajstić information content (AvgIpc) is 3.11. The van der Waals surface area contributed by atoms with Crippen molar-refractivity contribution in [2.45, 2.75) is 187 Å². The van der Waals surface area contributed by atoms with Gasteiger partial charge in [-0.05, 0) is 70.6 Å². The van der Waals surface area contributed by atoms with E-state index in [4.69, 9.17) is 18.5 Å². The zero-order chi connectivity index (χ0) is 39.1. The molecule has 0 heterocycles. The van der Waals surface area contributed by atoms with Gasteiger partial charge in [0.1, 0.15) is 19.3 Å². The summed E-state index contributed by atoms with van der Waals surface area (Å²) in [4.78, 5) is 25.0. The van der Waals surface area contributed by atoms with Gasteiger partial charge in [-0.25, -0.2) is 0 Å². The quantitative estimate of drug-likeness (QED) is 0.0201. The van der Waals surface area contributed by atoms with Crippen LogP contribution in [-0.4, -0.2) is 70.7 Å². The van der Waals surface area contributed by atoms with Crippen molar-refractivity contribution in [3.05, 3.63) is 36.5 Å². The van der Waals surface area contributed by atoms with Crippen molar-refractivity contribution in [3.63, 3.8) is 0 Å². The minimum atomic E-state index is -4.53. The van der Waals surface area contributed by atoms with Crippen molar-refractivity contribution in [1.29, 1.82) is 0 Å². The molecule has 8 nitrogen and oxygen atoms in total. The maximum Gasteiger partial charge on any atom is 0.306 e. The molecule has 0 radical (unpaired) electrons. The number of phosphoric acid groups is 1. The molecule has 53 heavy (non-hydrogen) atoms. The van der Waals surface area contributed by atoms with Crippen LogP contribution in [0.3, 0.4) is 0 Å². The van der Waals surface area contributed by atoms with Gasteiger partial charge in [-0.3, -0.25) is 9.36 Å². The second-order valence-corrected chi connectivity index (χ2v) is 17.1. The molecule has 312 valence electrons. The number of likely N-dealkylation sites (N-methyl/N-ethyl adjacent to an activating group) is 1. The molecule has 0 aromatic carbocycles. The number of rotatable bonds is 40. The van der Waals surface area contributed by atoms with E-state index in [-0.39, 0.29) is 25.8 Å². The van der Waals surface area contributed by atoms with E-state index in [9.17, 15) is 14.3 Å². The highest BCUT2D eigenvalue weighted by atomic mass is 31.2. The van der Waals surface area contributed by atoms with Crippen molar-refractivity contribution >= 4 is 13.8 Å². The van der Waals surface area contributed by atoms with E-state index in [2.05, 4.69) is 50.3 Å². The molecule has 0 aromatic rings. The Hall–Kier alpha value is -1.28. The van der Waals surface area contributed by atoms with Gasteiger partial charge in [0.25, 0.3) is 7.82 Å². The van der Waals surface area contributed by atoms with Gasteiger partial charge < -0.3 is 27.9 Å². The van der Waals surface area contributed by atoms with Crippen LogP contribution < -0.4 is 4.89 Å². The molecule has 0 aliphatic heterocycles. The van der Waals surface area contributed by atoms with Gasteiger partial charge in [0.2, 0.25) is 0 Å². The summed E-state index contributed by atoms with van der Waals surface area (Å²) >= 11 is 0. The third-order valence-electron chi connectivity index (χ3n) is 9.16. The Labute approximate surface area is 327 Å². The van der Waals surface area contributed by atoms with Gasteiger partial charge in [0, 0.05) is 13.0 Å². The van der Waals surface area contributed by atoms with E-state index in [0.29, 0.717) is 24.1 Å². The highest BCUT2D eigenvalue weighted by Gasteiger charge is 2.20. The molecule has 0 saturated carbocycles. The van der Waals surface area contributed by atoms with Gasteiger partial charge in [-0.15, -0.1) is 0 Å². The molecule has 0 spiro atoms. The number of esters is 1. The fraction of sp³-hybridized carbons (Fsp3) is 0.841. The molecule has 0 aliphatic carbocycles. The zero-order valence-electron chi connectivity index (χ0n) is 35.2. The van der Waals surface area contributed by atoms with Crippen molar-refractivity contribution in [2.24, 2.45) is 0 Å². The lowest BCUT2D eigenvalue weighted by atomic mass is 10.1. The lowest BCUT2D eigenvalue weighted by molar-refractivity contribution is -0.870. The highest BCUT2D eigenvalue weighted by Crippen LogP contribution is 2.38. The number of nitrogens with zero attached hydrogens (tertiary/aromatic N) is 1. The Morgan fingerprint density at radius 3 is 1.58 bits per heavy atom. The van der Waals surface area contributed by atoms with Crippen LogP contribution in [0.15, 0.2) is 36.5 Å². The number of hydrogen-bond acceptors (Lipinski definition) is 7. The van der Waals surface area contributed by atoms with E-state index in [1.807, 2.05) is 21.1 Å². The van der Waals surface area contributed by atoms with Crippen molar-refractivity contribution in [3.8, 4) is 0 Å². The highest BCUT2D eigenvalue weighted by molar-refractivity contribution is 7.45. The van der Waals surface area contributed by atoms with E-state index < -0.39 is 13.9 Å². The minimum absolute atomic E-state index is 0.0225. The van der Waals surface area contributed by atoms with Gasteiger partial charge in [-0.2, -0.15) is 0 Å². The van der Waals surface area contributed by atoms with Crippen LogP contribution in [-0.2, 0) is 27.9 Å². The molecule has 0 rings (SSSR count). The number of phosphoric ester groups is 1. The number of unbranched alkanes of at least 4 members (excludes halogenated alkanes) is 20. The van der Waals surface area contributed by atoms with E-state index in [0.717, 1.165) is 57.8 Å². The Morgan fingerprint density at radius 1 is 0.585 bits per heavy atom. The van der Waals surface area contributed by atoms with Crippen LogP contribution in [0.1, 0.15) is 181 Å². The summed E-state index contributed by atoms with van der Waals surface area (Å²) < 4.78 is 34.6. The van der Waals surface area contributed by atoms with Gasteiger partial charge in [-0.1, -0.05) is 140 Å². The molecule has 0 N–H and O–H groups in total. The molecular formula is C44H84NO7P. The second-order valence-electron chi connectivity index (χ2n) is 15.7. The molecule has 0 bridgehead atoms. The Kier molecular flexibility index (Phi) is 36.7. The van der Waals surface area contributed by atoms with Crippen molar-refractivity contribution in [2.75, 3.05) is 54.1 Å². The van der Waals surface area contributed by atoms with E-state index >= 15 is 0 Å². The smallest absolute Gasteiger partial charge is 0.306 e. The summed E-state index contributed by atoms with van der Waals surface area (Å²) in [5.41, 5.74) is 0. The Bertz CT molecular complexity index is 947. The molecule has 0 aromatic heterocycles. The number of hydrogen-bond donors (Lipinski definition) is 0. The fourth-order valence-electron chi connectivity index (χ4n) is 5.75. The maximum absolute atomic E-state index is 12.7. The lowest BCUT2D eigenvalue weighted by Crippen LogP contribution is -2.37. The second kappa shape index (κ2) is 37.6. The molecule has 0 aliphatic rings. The first-order chi connectivity index (χ1) is 25.6. The SMILES string of the molecule is CCCCC/C=C\C/C=C\CCCCCCCC(=O)O[C@H](COCCCCCCCCCC/C=C\CCCCCC)COP(=O)([O-])OCC[N+](C)(C)C. The first-order valence-corrected chi connectivity index (χ1v) is 23.2. The third-order valence-corrected chi connectivity index (χ3v) is 10.1. The Morgan fingerprint density at radius 2 is 1.04 bits per heavy atom. The number of carbonyl (C=O) groups is 1. The average molecular weight is 770 g/mol. The van der Waals surface area contributed by atoms with E-state index in [1.54, 1.807) is 0 Å². The van der Waals surface area contributed by atoms with Crippen LogP contribution in [0.25, 0.3) is 0 Å².